The van der Waals surface area contributed by atoms with E-state index < -0.39 is 12.0 Å². The lowest BCUT2D eigenvalue weighted by Crippen LogP contribution is -2.48. The van der Waals surface area contributed by atoms with Gasteiger partial charge in [-0.15, -0.1) is 0 Å². The van der Waals surface area contributed by atoms with Gasteiger partial charge in [-0.2, -0.15) is 0 Å². The van der Waals surface area contributed by atoms with Crippen molar-refractivity contribution in [1.29, 1.82) is 0 Å². The van der Waals surface area contributed by atoms with Gasteiger partial charge in [0, 0.05) is 5.70 Å². The van der Waals surface area contributed by atoms with E-state index in [1.165, 1.54) is 13.2 Å². The number of aryl methyl sites for hydroxylation is 1. The van der Waals surface area contributed by atoms with Crippen molar-refractivity contribution < 1.29 is 13.9 Å². The fraction of sp³-hybridized carbons (Fsp3) is 0.200. The third-order valence-electron chi connectivity index (χ3n) is 4.44. The SMILES string of the molecule is COC(=O)C1=C(C)N(c2ccc(C)c(F)c2)C(=S)N[C@@H]1c1ccccc1. The predicted molar refractivity (Wildman–Crippen MR) is 103 cm³/mol. The number of allylic oxidation sites excluding steroid dienone is 1. The molecule has 1 aliphatic heterocycles. The standard InChI is InChI=1S/C20H19FN2O2S/c1-12-9-10-15(11-16(12)21)23-13(2)17(19(24)25-3)18(22-20(23)26)14-7-5-4-6-8-14/h4-11,18H,1-3H3,(H,22,26)/t18-/m1/s1. The molecule has 0 radical (unpaired) electrons. The number of carbonyl (C=O) groups excluding carboxylic acids is 1. The summed E-state index contributed by atoms with van der Waals surface area (Å²) in [7, 11) is 1.34. The van der Waals surface area contributed by atoms with Crippen LogP contribution in [0.25, 0.3) is 0 Å². The zero-order chi connectivity index (χ0) is 18.8. The summed E-state index contributed by atoms with van der Waals surface area (Å²) in [6.45, 7) is 3.48. The molecule has 0 spiro atoms. The molecule has 0 fully saturated rings. The summed E-state index contributed by atoms with van der Waals surface area (Å²) >= 11 is 5.52. The molecule has 0 saturated heterocycles. The van der Waals surface area contributed by atoms with E-state index in [1.807, 2.05) is 30.3 Å². The molecule has 1 aliphatic rings. The van der Waals surface area contributed by atoms with Crippen molar-refractivity contribution in [3.05, 3.63) is 76.7 Å². The number of rotatable bonds is 3. The number of halogens is 1. The van der Waals surface area contributed by atoms with Gasteiger partial charge < -0.3 is 10.1 Å². The molecule has 1 atom stereocenters. The van der Waals surface area contributed by atoms with Crippen LogP contribution < -0.4 is 10.2 Å². The lowest BCUT2D eigenvalue weighted by Gasteiger charge is -2.37. The Hall–Kier alpha value is -2.73. The first-order chi connectivity index (χ1) is 12.4. The number of esters is 1. The smallest absolute Gasteiger partial charge is 0.337 e. The van der Waals surface area contributed by atoms with Gasteiger partial charge in [0.1, 0.15) is 5.82 Å². The Morgan fingerprint density at radius 2 is 1.88 bits per heavy atom. The molecule has 0 aromatic heterocycles. The Bertz CT molecular complexity index is 896. The first-order valence-corrected chi connectivity index (χ1v) is 8.55. The number of hydrogen-bond donors (Lipinski definition) is 1. The number of benzene rings is 2. The zero-order valence-corrected chi connectivity index (χ0v) is 15.6. The Morgan fingerprint density at radius 3 is 2.50 bits per heavy atom. The second kappa shape index (κ2) is 7.25. The minimum atomic E-state index is -0.455. The van der Waals surface area contributed by atoms with Crippen molar-refractivity contribution in [2.24, 2.45) is 0 Å². The normalized spacial score (nSPS) is 17.2. The predicted octanol–water partition coefficient (Wildman–Crippen LogP) is 4.02. The monoisotopic (exact) mass is 370 g/mol. The summed E-state index contributed by atoms with van der Waals surface area (Å²) in [5.41, 5.74) is 3.04. The Balaban J connectivity index is 2.14. The van der Waals surface area contributed by atoms with E-state index >= 15 is 0 Å². The topological polar surface area (TPSA) is 41.6 Å². The van der Waals surface area contributed by atoms with Crippen LogP contribution in [0.3, 0.4) is 0 Å². The number of methoxy groups -OCH3 is 1. The van der Waals surface area contributed by atoms with Crippen LogP contribution in [0.4, 0.5) is 10.1 Å². The van der Waals surface area contributed by atoms with Gasteiger partial charge >= 0.3 is 5.97 Å². The van der Waals surface area contributed by atoms with Gasteiger partial charge in [0.2, 0.25) is 0 Å². The molecule has 4 nitrogen and oxygen atoms in total. The fourth-order valence-corrected chi connectivity index (χ4v) is 3.40. The van der Waals surface area contributed by atoms with Crippen LogP contribution >= 0.6 is 12.2 Å². The average molecular weight is 370 g/mol. The highest BCUT2D eigenvalue weighted by molar-refractivity contribution is 7.80. The summed E-state index contributed by atoms with van der Waals surface area (Å²) in [6, 6.07) is 14.0. The maximum atomic E-state index is 14.1. The largest absolute Gasteiger partial charge is 0.466 e. The maximum absolute atomic E-state index is 14.1. The van der Waals surface area contributed by atoms with E-state index in [9.17, 15) is 9.18 Å². The van der Waals surface area contributed by atoms with Crippen molar-refractivity contribution in [1.82, 2.24) is 5.32 Å². The molecular weight excluding hydrogens is 351 g/mol. The second-order valence-corrected chi connectivity index (χ2v) is 6.44. The van der Waals surface area contributed by atoms with Gasteiger partial charge in [-0.05, 0) is 49.3 Å². The number of ether oxygens (including phenoxy) is 1. The molecule has 2 aromatic rings. The maximum Gasteiger partial charge on any atom is 0.337 e. The molecule has 1 heterocycles. The van der Waals surface area contributed by atoms with Gasteiger partial charge in [0.15, 0.2) is 5.11 Å². The van der Waals surface area contributed by atoms with Gasteiger partial charge in [-0.25, -0.2) is 9.18 Å². The molecule has 134 valence electrons. The zero-order valence-electron chi connectivity index (χ0n) is 14.7. The fourth-order valence-electron chi connectivity index (χ4n) is 3.04. The molecule has 2 aromatic carbocycles. The molecule has 0 unspecified atom stereocenters. The number of nitrogens with zero attached hydrogens (tertiary/aromatic N) is 1. The van der Waals surface area contributed by atoms with E-state index in [0.29, 0.717) is 27.6 Å². The Kier molecular flexibility index (Phi) is 5.04. The van der Waals surface area contributed by atoms with Crippen LogP contribution in [0.5, 0.6) is 0 Å². The second-order valence-electron chi connectivity index (χ2n) is 6.05. The quantitative estimate of drug-likeness (QED) is 0.653. The van der Waals surface area contributed by atoms with Crippen LogP contribution in [0.15, 0.2) is 59.8 Å². The highest BCUT2D eigenvalue weighted by Crippen LogP contribution is 2.34. The minimum Gasteiger partial charge on any atom is -0.466 e. The molecule has 26 heavy (non-hydrogen) atoms. The molecule has 0 aliphatic carbocycles. The molecule has 0 saturated carbocycles. The third kappa shape index (κ3) is 3.20. The van der Waals surface area contributed by atoms with Crippen molar-refractivity contribution in [3.8, 4) is 0 Å². The lowest BCUT2D eigenvalue weighted by atomic mass is 9.95. The van der Waals surface area contributed by atoms with Gasteiger partial charge in [-0.1, -0.05) is 36.4 Å². The first-order valence-electron chi connectivity index (χ1n) is 8.15. The molecule has 6 heteroatoms. The number of nitrogens with one attached hydrogen (secondary N) is 1. The molecular formula is C20H19FN2O2S. The minimum absolute atomic E-state index is 0.331. The first kappa shape index (κ1) is 18.1. The van der Waals surface area contributed by atoms with Crippen LogP contribution in [0, 0.1) is 12.7 Å². The van der Waals surface area contributed by atoms with Gasteiger partial charge in [0.25, 0.3) is 0 Å². The summed E-state index contributed by atoms with van der Waals surface area (Å²) < 4.78 is 19.0. The van der Waals surface area contributed by atoms with Crippen LogP contribution in [-0.4, -0.2) is 18.2 Å². The van der Waals surface area contributed by atoms with E-state index in [2.05, 4.69) is 5.32 Å². The van der Waals surface area contributed by atoms with Crippen LogP contribution in [0.2, 0.25) is 0 Å². The molecule has 0 amide bonds. The Labute approximate surface area is 157 Å². The van der Waals surface area contributed by atoms with Gasteiger partial charge in [0.05, 0.1) is 24.4 Å². The number of hydrogen-bond acceptors (Lipinski definition) is 3. The van der Waals surface area contributed by atoms with Crippen molar-refractivity contribution in [2.45, 2.75) is 19.9 Å². The van der Waals surface area contributed by atoms with Crippen LogP contribution in [-0.2, 0) is 9.53 Å². The van der Waals surface area contributed by atoms with Crippen molar-refractivity contribution >= 4 is 29.0 Å². The van der Waals surface area contributed by atoms with Crippen molar-refractivity contribution in [3.63, 3.8) is 0 Å². The van der Waals surface area contributed by atoms with E-state index in [1.54, 1.807) is 30.9 Å². The highest BCUT2D eigenvalue weighted by atomic mass is 32.1. The summed E-state index contributed by atoms with van der Waals surface area (Å²) in [5.74, 6) is -0.785. The van der Waals surface area contributed by atoms with E-state index in [0.717, 1.165) is 5.56 Å². The molecule has 0 bridgehead atoms. The van der Waals surface area contributed by atoms with Crippen LogP contribution in [0.1, 0.15) is 24.1 Å². The number of anilines is 1. The third-order valence-corrected chi connectivity index (χ3v) is 4.74. The molecule has 1 N–H and O–H groups in total. The number of carbonyl (C=O) groups is 1. The summed E-state index contributed by atoms with van der Waals surface area (Å²) in [6.07, 6.45) is 0. The van der Waals surface area contributed by atoms with E-state index in [4.69, 9.17) is 17.0 Å². The number of thiocarbonyl (C=S) groups is 1. The average Bonchev–Trinajstić information content (AvgIpc) is 2.64. The summed E-state index contributed by atoms with van der Waals surface area (Å²) in [4.78, 5) is 14.2. The van der Waals surface area contributed by atoms with Gasteiger partial charge in [-0.3, -0.25) is 4.90 Å². The lowest BCUT2D eigenvalue weighted by molar-refractivity contribution is -0.136. The summed E-state index contributed by atoms with van der Waals surface area (Å²) in [5, 5.41) is 3.58. The Morgan fingerprint density at radius 1 is 1.19 bits per heavy atom. The van der Waals surface area contributed by atoms with E-state index in [-0.39, 0.29) is 5.82 Å². The highest BCUT2D eigenvalue weighted by Gasteiger charge is 2.35. The molecule has 3 rings (SSSR count). The van der Waals surface area contributed by atoms with Crippen molar-refractivity contribution in [2.75, 3.05) is 12.0 Å².